The number of benzene rings is 2. The van der Waals surface area contributed by atoms with Crippen molar-refractivity contribution in [2.45, 2.75) is 18.9 Å². The summed E-state index contributed by atoms with van der Waals surface area (Å²) < 4.78 is 13.8. The Morgan fingerprint density at radius 3 is 2.41 bits per heavy atom. The molecule has 1 aliphatic rings. The van der Waals surface area contributed by atoms with Gasteiger partial charge in [0, 0.05) is 11.7 Å². The molecule has 136 valence electrons. The van der Waals surface area contributed by atoms with Gasteiger partial charge in [0.1, 0.15) is 16.7 Å². The van der Waals surface area contributed by atoms with Gasteiger partial charge in [-0.3, -0.25) is 4.79 Å². The molecule has 0 aliphatic heterocycles. The van der Waals surface area contributed by atoms with E-state index in [1.165, 1.54) is 17.2 Å². The lowest BCUT2D eigenvalue weighted by Gasteiger charge is -2.13. The molecule has 3 aromatic rings. The molecule has 0 spiro atoms. The first-order valence-corrected chi connectivity index (χ1v) is 9.03. The van der Waals surface area contributed by atoms with Crippen LogP contribution in [0.15, 0.2) is 60.7 Å². The van der Waals surface area contributed by atoms with Gasteiger partial charge in [0.05, 0.1) is 5.69 Å². The molecular weight excluding hydrogens is 365 g/mol. The molecule has 1 aromatic heterocycles. The Morgan fingerprint density at radius 2 is 1.70 bits per heavy atom. The standard InChI is InChI=1S/C21H17ClFN3O/c22-20-12-16(24-18-8-4-3-7-17(18)23)11-19(26-20)21(27)25-15-9-13-5-1-2-6-14(13)10-15/h1-8,11-12,15H,9-10H2,(H,24,26)(H,25,27). The molecule has 0 radical (unpaired) electrons. The third-order valence-electron chi connectivity index (χ3n) is 4.57. The molecule has 2 N–H and O–H groups in total. The van der Waals surface area contributed by atoms with Crippen molar-refractivity contribution in [1.29, 1.82) is 0 Å². The Bertz CT molecular complexity index is 983. The van der Waals surface area contributed by atoms with E-state index in [1.807, 2.05) is 12.1 Å². The van der Waals surface area contributed by atoms with E-state index in [0.29, 0.717) is 11.4 Å². The van der Waals surface area contributed by atoms with E-state index in [1.54, 1.807) is 30.3 Å². The Kier molecular flexibility index (Phi) is 4.77. The van der Waals surface area contributed by atoms with Crippen LogP contribution in [0.5, 0.6) is 0 Å². The summed E-state index contributed by atoms with van der Waals surface area (Å²) in [7, 11) is 0. The summed E-state index contributed by atoms with van der Waals surface area (Å²) in [5, 5.41) is 6.11. The summed E-state index contributed by atoms with van der Waals surface area (Å²) in [5.74, 6) is -0.688. The maximum absolute atomic E-state index is 13.8. The second-order valence-corrected chi connectivity index (χ2v) is 6.90. The summed E-state index contributed by atoms with van der Waals surface area (Å²) >= 11 is 6.06. The molecule has 1 heterocycles. The van der Waals surface area contributed by atoms with E-state index in [2.05, 4.69) is 27.8 Å². The minimum atomic E-state index is -0.389. The second-order valence-electron chi connectivity index (χ2n) is 6.52. The first-order chi connectivity index (χ1) is 13.1. The second kappa shape index (κ2) is 7.37. The van der Waals surface area contributed by atoms with Crippen molar-refractivity contribution >= 4 is 28.9 Å². The van der Waals surface area contributed by atoms with Crippen molar-refractivity contribution in [2.75, 3.05) is 5.32 Å². The molecule has 0 bridgehead atoms. The lowest BCUT2D eigenvalue weighted by atomic mass is 10.1. The van der Waals surface area contributed by atoms with E-state index in [4.69, 9.17) is 11.6 Å². The van der Waals surface area contributed by atoms with Crippen molar-refractivity contribution in [3.05, 3.63) is 88.5 Å². The summed E-state index contributed by atoms with van der Waals surface area (Å²) in [5.41, 5.74) is 3.50. The van der Waals surface area contributed by atoms with Crippen molar-refractivity contribution in [2.24, 2.45) is 0 Å². The van der Waals surface area contributed by atoms with Crippen molar-refractivity contribution in [1.82, 2.24) is 10.3 Å². The monoisotopic (exact) mass is 381 g/mol. The molecule has 0 fully saturated rings. The van der Waals surface area contributed by atoms with E-state index in [9.17, 15) is 9.18 Å². The largest absolute Gasteiger partial charge is 0.353 e. The molecule has 1 aliphatic carbocycles. The van der Waals surface area contributed by atoms with Gasteiger partial charge in [0.25, 0.3) is 5.91 Å². The molecule has 2 aromatic carbocycles. The first kappa shape index (κ1) is 17.5. The molecule has 4 nitrogen and oxygen atoms in total. The van der Waals surface area contributed by atoms with Gasteiger partial charge in [-0.2, -0.15) is 0 Å². The smallest absolute Gasteiger partial charge is 0.270 e. The van der Waals surface area contributed by atoms with Crippen LogP contribution in [0.1, 0.15) is 21.6 Å². The maximum atomic E-state index is 13.8. The fourth-order valence-electron chi connectivity index (χ4n) is 3.32. The molecule has 4 rings (SSSR count). The van der Waals surface area contributed by atoms with E-state index >= 15 is 0 Å². The summed E-state index contributed by atoms with van der Waals surface area (Å²) in [6.07, 6.45) is 1.59. The van der Waals surface area contributed by atoms with Crippen LogP contribution in [-0.2, 0) is 12.8 Å². The zero-order chi connectivity index (χ0) is 18.8. The summed E-state index contributed by atoms with van der Waals surface area (Å²) in [6, 6.07) is 17.6. The number of pyridine rings is 1. The van der Waals surface area contributed by atoms with Gasteiger partial charge >= 0.3 is 0 Å². The van der Waals surface area contributed by atoms with Gasteiger partial charge in [0.15, 0.2) is 0 Å². The zero-order valence-corrected chi connectivity index (χ0v) is 15.1. The molecule has 27 heavy (non-hydrogen) atoms. The molecule has 0 saturated carbocycles. The number of para-hydroxylation sites is 1. The number of fused-ring (bicyclic) bond motifs is 1. The highest BCUT2D eigenvalue weighted by Gasteiger charge is 2.23. The zero-order valence-electron chi connectivity index (χ0n) is 14.4. The van der Waals surface area contributed by atoms with Gasteiger partial charge in [-0.15, -0.1) is 0 Å². The third kappa shape index (κ3) is 3.93. The van der Waals surface area contributed by atoms with Crippen molar-refractivity contribution < 1.29 is 9.18 Å². The fraction of sp³-hybridized carbons (Fsp3) is 0.143. The number of halogens is 2. The van der Waals surface area contributed by atoms with Gasteiger partial charge in [0.2, 0.25) is 0 Å². The normalized spacial score (nSPS) is 13.3. The van der Waals surface area contributed by atoms with Gasteiger partial charge in [-0.05, 0) is 48.2 Å². The number of carbonyl (C=O) groups is 1. The molecule has 1 amide bonds. The highest BCUT2D eigenvalue weighted by Crippen LogP contribution is 2.24. The Morgan fingerprint density at radius 1 is 1.04 bits per heavy atom. The topological polar surface area (TPSA) is 54.0 Å². The predicted molar refractivity (Wildman–Crippen MR) is 104 cm³/mol. The first-order valence-electron chi connectivity index (χ1n) is 8.65. The van der Waals surface area contributed by atoms with Crippen LogP contribution in [0.25, 0.3) is 0 Å². The van der Waals surface area contributed by atoms with Gasteiger partial charge in [-0.1, -0.05) is 48.0 Å². The predicted octanol–water partition coefficient (Wildman–Crippen LogP) is 4.51. The lowest BCUT2D eigenvalue weighted by molar-refractivity contribution is 0.0933. The van der Waals surface area contributed by atoms with E-state index < -0.39 is 0 Å². The molecule has 0 atom stereocenters. The Labute approximate surface area is 161 Å². The number of nitrogens with zero attached hydrogens (tertiary/aromatic N) is 1. The number of aromatic nitrogens is 1. The highest BCUT2D eigenvalue weighted by molar-refractivity contribution is 6.29. The number of anilines is 2. The van der Waals surface area contributed by atoms with Crippen LogP contribution in [0.2, 0.25) is 5.15 Å². The minimum Gasteiger partial charge on any atom is -0.353 e. The molecule has 0 unspecified atom stereocenters. The Hall–Kier alpha value is -2.92. The average Bonchev–Trinajstić information content (AvgIpc) is 3.05. The molecular formula is C21H17ClFN3O. The number of hydrogen-bond acceptors (Lipinski definition) is 3. The maximum Gasteiger partial charge on any atom is 0.270 e. The van der Waals surface area contributed by atoms with Crippen LogP contribution in [0.3, 0.4) is 0 Å². The van der Waals surface area contributed by atoms with E-state index in [0.717, 1.165) is 12.8 Å². The fourth-order valence-corrected chi connectivity index (χ4v) is 3.53. The summed E-state index contributed by atoms with van der Waals surface area (Å²) in [4.78, 5) is 16.8. The van der Waals surface area contributed by atoms with Crippen LogP contribution >= 0.6 is 11.6 Å². The Balaban J connectivity index is 1.50. The number of nitrogens with one attached hydrogen (secondary N) is 2. The van der Waals surface area contributed by atoms with Crippen molar-refractivity contribution in [3.63, 3.8) is 0 Å². The highest BCUT2D eigenvalue weighted by atomic mass is 35.5. The van der Waals surface area contributed by atoms with E-state index in [-0.39, 0.29) is 28.6 Å². The van der Waals surface area contributed by atoms with Crippen LogP contribution in [-0.4, -0.2) is 16.9 Å². The molecule has 0 saturated heterocycles. The quantitative estimate of drug-likeness (QED) is 0.653. The number of hydrogen-bond donors (Lipinski definition) is 2. The minimum absolute atomic E-state index is 0.0265. The SMILES string of the molecule is O=C(NC1Cc2ccccc2C1)c1cc(Nc2ccccc2F)cc(Cl)n1. The van der Waals surface area contributed by atoms with Gasteiger partial charge < -0.3 is 10.6 Å². The van der Waals surface area contributed by atoms with Crippen molar-refractivity contribution in [3.8, 4) is 0 Å². The molecule has 6 heteroatoms. The number of rotatable bonds is 4. The van der Waals surface area contributed by atoms with Gasteiger partial charge in [-0.25, -0.2) is 9.37 Å². The van der Waals surface area contributed by atoms with Crippen LogP contribution in [0.4, 0.5) is 15.8 Å². The lowest BCUT2D eigenvalue weighted by Crippen LogP contribution is -2.35. The van der Waals surface area contributed by atoms with Crippen LogP contribution < -0.4 is 10.6 Å². The number of amides is 1. The number of carbonyl (C=O) groups excluding carboxylic acids is 1. The third-order valence-corrected chi connectivity index (χ3v) is 4.76. The van der Waals surface area contributed by atoms with Crippen LogP contribution in [0, 0.1) is 5.82 Å². The summed E-state index contributed by atoms with van der Waals surface area (Å²) in [6.45, 7) is 0. The average molecular weight is 382 g/mol.